The summed E-state index contributed by atoms with van der Waals surface area (Å²) in [6, 6.07) is 8.23. The number of amides is 1. The third-order valence-corrected chi connectivity index (χ3v) is 5.75. The molecule has 1 aromatic carbocycles. The summed E-state index contributed by atoms with van der Waals surface area (Å²) >= 11 is 7.25. The van der Waals surface area contributed by atoms with E-state index >= 15 is 0 Å². The Bertz CT molecular complexity index is 950. The molecule has 2 heterocycles. The summed E-state index contributed by atoms with van der Waals surface area (Å²) in [5.74, 6) is 0.813. The van der Waals surface area contributed by atoms with E-state index in [9.17, 15) is 4.79 Å². The highest BCUT2D eigenvalue weighted by atomic mass is 35.5. The number of carbonyl (C=O) groups excluding carboxylic acids is 1. The van der Waals surface area contributed by atoms with Crippen molar-refractivity contribution in [1.82, 2.24) is 15.1 Å². The highest BCUT2D eigenvalue weighted by Crippen LogP contribution is 2.26. The van der Waals surface area contributed by atoms with Crippen molar-refractivity contribution in [2.75, 3.05) is 6.54 Å². The van der Waals surface area contributed by atoms with Gasteiger partial charge in [0.15, 0.2) is 0 Å². The van der Waals surface area contributed by atoms with E-state index in [2.05, 4.69) is 22.5 Å². The normalized spacial score (nSPS) is 12.8. The number of aromatic nitrogens is 2. The number of halogens is 1. The van der Waals surface area contributed by atoms with E-state index in [1.807, 2.05) is 17.5 Å². The van der Waals surface area contributed by atoms with Crippen LogP contribution in [0.2, 0.25) is 5.02 Å². The van der Waals surface area contributed by atoms with E-state index in [-0.39, 0.29) is 5.91 Å². The molecule has 1 aliphatic carbocycles. The zero-order valence-electron chi connectivity index (χ0n) is 14.8. The zero-order chi connectivity index (χ0) is 18.6. The van der Waals surface area contributed by atoms with Gasteiger partial charge in [-0.05, 0) is 54.0 Å². The predicted octanol–water partition coefficient (Wildman–Crippen LogP) is 4.10. The van der Waals surface area contributed by atoms with Crippen molar-refractivity contribution in [2.24, 2.45) is 0 Å². The van der Waals surface area contributed by atoms with Gasteiger partial charge in [-0.3, -0.25) is 9.48 Å². The van der Waals surface area contributed by atoms with Gasteiger partial charge in [-0.2, -0.15) is 5.10 Å². The second kappa shape index (κ2) is 8.15. The number of aryl methyl sites for hydroxylation is 2. The monoisotopic (exact) mass is 401 g/mol. The number of carbonyl (C=O) groups is 1. The van der Waals surface area contributed by atoms with Gasteiger partial charge in [0.25, 0.3) is 5.91 Å². The molecule has 7 heteroatoms. The van der Waals surface area contributed by atoms with Crippen molar-refractivity contribution in [3.63, 3.8) is 0 Å². The molecule has 0 radical (unpaired) electrons. The van der Waals surface area contributed by atoms with Gasteiger partial charge >= 0.3 is 0 Å². The van der Waals surface area contributed by atoms with Crippen molar-refractivity contribution in [3.8, 4) is 5.75 Å². The van der Waals surface area contributed by atoms with E-state index < -0.39 is 0 Å². The molecule has 4 rings (SSSR count). The average molecular weight is 402 g/mol. The Morgan fingerprint density at radius 2 is 2.19 bits per heavy atom. The smallest absolute Gasteiger partial charge is 0.261 e. The molecule has 1 N–H and O–H groups in total. The summed E-state index contributed by atoms with van der Waals surface area (Å²) in [5, 5.41) is 9.54. The lowest BCUT2D eigenvalue weighted by Crippen LogP contribution is -2.26. The molecule has 1 aliphatic rings. The van der Waals surface area contributed by atoms with Crippen LogP contribution in [0.15, 0.2) is 42.0 Å². The zero-order valence-corrected chi connectivity index (χ0v) is 16.4. The number of rotatable bonds is 7. The highest BCUT2D eigenvalue weighted by molar-refractivity contribution is 7.12. The molecule has 0 saturated carbocycles. The fraction of sp³-hybridized carbons (Fsp3) is 0.300. The number of nitrogens with zero attached hydrogens (tertiary/aromatic N) is 2. The molecule has 5 nitrogen and oxygen atoms in total. The Kier molecular flexibility index (Phi) is 5.45. The van der Waals surface area contributed by atoms with Gasteiger partial charge in [0, 0.05) is 18.3 Å². The summed E-state index contributed by atoms with van der Waals surface area (Å²) in [5.41, 5.74) is 3.84. The van der Waals surface area contributed by atoms with Crippen LogP contribution in [0.1, 0.15) is 32.8 Å². The summed E-state index contributed by atoms with van der Waals surface area (Å²) < 4.78 is 7.60. The molecule has 0 aliphatic heterocycles. The second-order valence-corrected chi connectivity index (χ2v) is 7.92. The molecule has 140 valence electrons. The molecule has 1 amide bonds. The van der Waals surface area contributed by atoms with Crippen LogP contribution in [-0.4, -0.2) is 22.2 Å². The van der Waals surface area contributed by atoms with E-state index in [0.717, 1.165) is 17.7 Å². The second-order valence-electron chi connectivity index (χ2n) is 6.57. The van der Waals surface area contributed by atoms with E-state index in [1.165, 1.54) is 35.3 Å². The number of hydrogen-bond donors (Lipinski definition) is 1. The molecular weight excluding hydrogens is 382 g/mol. The lowest BCUT2D eigenvalue weighted by Gasteiger charge is -2.07. The third-order valence-electron chi connectivity index (χ3n) is 4.58. The maximum absolute atomic E-state index is 12.3. The Morgan fingerprint density at radius 3 is 3.04 bits per heavy atom. The number of ether oxygens (including phenoxy) is 1. The van der Waals surface area contributed by atoms with Gasteiger partial charge in [0.2, 0.25) is 0 Å². The molecule has 0 saturated heterocycles. The number of thiophene rings is 1. The molecule has 0 bridgehead atoms. The molecule has 27 heavy (non-hydrogen) atoms. The SMILES string of the molecule is O=C(NCCn1cc(Cl)cn1)c1cc(COc2ccc3c(c2)CCC3)cs1. The predicted molar refractivity (Wildman–Crippen MR) is 107 cm³/mol. The first-order valence-electron chi connectivity index (χ1n) is 8.95. The lowest BCUT2D eigenvalue weighted by molar-refractivity contribution is 0.0956. The number of fused-ring (bicyclic) bond motifs is 1. The van der Waals surface area contributed by atoms with Gasteiger partial charge < -0.3 is 10.1 Å². The van der Waals surface area contributed by atoms with Gasteiger partial charge in [0.1, 0.15) is 12.4 Å². The summed E-state index contributed by atoms with van der Waals surface area (Å²) in [7, 11) is 0. The van der Waals surface area contributed by atoms with Crippen LogP contribution in [0.5, 0.6) is 5.75 Å². The standard InChI is InChI=1S/C20H20ClN3O2S/c21-17-10-23-24(11-17)7-6-22-20(25)19-8-14(13-27-19)12-26-18-5-4-15-2-1-3-16(15)9-18/h4-5,8-11,13H,1-3,6-7,12H2,(H,22,25). The molecule has 0 unspecified atom stereocenters. The van der Waals surface area contributed by atoms with Crippen molar-refractivity contribution in [3.05, 3.63) is 68.6 Å². The molecule has 0 spiro atoms. The summed E-state index contributed by atoms with van der Waals surface area (Å²) in [4.78, 5) is 12.9. The van der Waals surface area contributed by atoms with Crippen molar-refractivity contribution < 1.29 is 9.53 Å². The maximum atomic E-state index is 12.3. The van der Waals surface area contributed by atoms with E-state index in [1.54, 1.807) is 17.1 Å². The minimum Gasteiger partial charge on any atom is -0.489 e. The Labute approximate surface area is 166 Å². The first kappa shape index (κ1) is 18.1. The van der Waals surface area contributed by atoms with Crippen LogP contribution >= 0.6 is 22.9 Å². The number of benzene rings is 1. The fourth-order valence-corrected chi connectivity index (χ4v) is 4.18. The van der Waals surface area contributed by atoms with Crippen LogP contribution < -0.4 is 10.1 Å². The first-order valence-corrected chi connectivity index (χ1v) is 10.2. The third kappa shape index (κ3) is 4.51. The fourth-order valence-electron chi connectivity index (χ4n) is 3.21. The Hall–Kier alpha value is -2.31. The quantitative estimate of drug-likeness (QED) is 0.648. The van der Waals surface area contributed by atoms with Gasteiger partial charge in [-0.15, -0.1) is 11.3 Å². The minimum atomic E-state index is -0.0815. The van der Waals surface area contributed by atoms with Crippen molar-refractivity contribution in [1.29, 1.82) is 0 Å². The molecular formula is C20H20ClN3O2S. The van der Waals surface area contributed by atoms with Crippen molar-refractivity contribution >= 4 is 28.8 Å². The number of hydrogen-bond acceptors (Lipinski definition) is 4. The van der Waals surface area contributed by atoms with Crippen LogP contribution in [0.3, 0.4) is 0 Å². The minimum absolute atomic E-state index is 0.0815. The van der Waals surface area contributed by atoms with Crippen LogP contribution in [0, 0.1) is 0 Å². The van der Waals surface area contributed by atoms with Gasteiger partial charge in [-0.1, -0.05) is 17.7 Å². The van der Waals surface area contributed by atoms with Crippen LogP contribution in [-0.2, 0) is 26.0 Å². The average Bonchev–Trinajstić information content (AvgIpc) is 3.40. The molecule has 2 aromatic heterocycles. The maximum Gasteiger partial charge on any atom is 0.261 e. The lowest BCUT2D eigenvalue weighted by atomic mass is 10.1. The van der Waals surface area contributed by atoms with Crippen LogP contribution in [0.25, 0.3) is 0 Å². The van der Waals surface area contributed by atoms with Crippen LogP contribution in [0.4, 0.5) is 0 Å². The summed E-state index contributed by atoms with van der Waals surface area (Å²) in [6.45, 7) is 1.54. The Morgan fingerprint density at radius 1 is 1.30 bits per heavy atom. The van der Waals surface area contributed by atoms with E-state index in [0.29, 0.717) is 29.6 Å². The summed E-state index contributed by atoms with van der Waals surface area (Å²) in [6.07, 6.45) is 6.85. The first-order chi connectivity index (χ1) is 13.2. The van der Waals surface area contributed by atoms with Gasteiger partial charge in [0.05, 0.1) is 22.6 Å². The molecule has 3 aromatic rings. The Balaban J connectivity index is 1.27. The highest BCUT2D eigenvalue weighted by Gasteiger charge is 2.12. The van der Waals surface area contributed by atoms with Gasteiger partial charge in [-0.25, -0.2) is 0 Å². The number of nitrogens with one attached hydrogen (secondary N) is 1. The molecule has 0 fully saturated rings. The van der Waals surface area contributed by atoms with Crippen molar-refractivity contribution in [2.45, 2.75) is 32.4 Å². The van der Waals surface area contributed by atoms with E-state index in [4.69, 9.17) is 16.3 Å². The molecule has 0 atom stereocenters. The topological polar surface area (TPSA) is 56.2 Å². The largest absolute Gasteiger partial charge is 0.489 e.